The fourth-order valence-electron chi connectivity index (χ4n) is 0. The first-order chi connectivity index (χ1) is 6.20. The van der Waals surface area contributed by atoms with Gasteiger partial charge < -0.3 is 15.3 Å². The maximum atomic E-state index is 9.00. The summed E-state index contributed by atoms with van der Waals surface area (Å²) in [4.78, 5) is 27.0. The normalized spacial score (nSPS) is 5.64. The van der Waals surface area contributed by atoms with E-state index in [0.29, 0.717) is 0 Å². The number of carboxylic acid groups (broad SMARTS) is 3. The van der Waals surface area contributed by atoms with Crippen molar-refractivity contribution in [1.82, 2.24) is 0 Å². The molecule has 0 amide bonds. The Labute approximate surface area is 88.3 Å². The molecule has 0 rings (SSSR count). The van der Waals surface area contributed by atoms with Crippen LogP contribution >= 0.6 is 0 Å². The zero-order valence-corrected chi connectivity index (χ0v) is 8.82. The van der Waals surface area contributed by atoms with Crippen LogP contribution in [0.3, 0.4) is 0 Å². The van der Waals surface area contributed by atoms with Crippen molar-refractivity contribution in [2.45, 2.75) is 20.8 Å². The molecule has 0 atom stereocenters. The number of carboxylic acids is 3. The molecule has 0 radical (unpaired) electrons. The molecule has 0 aliphatic heterocycles. The molecule has 0 bridgehead atoms. The van der Waals surface area contributed by atoms with Gasteiger partial charge in [0.05, 0.1) is 0 Å². The molecule has 0 fully saturated rings. The summed E-state index contributed by atoms with van der Waals surface area (Å²) < 4.78 is 6.62. The van der Waals surface area contributed by atoms with Crippen molar-refractivity contribution >= 4 is 17.9 Å². The topological polar surface area (TPSA) is 136 Å². The van der Waals surface area contributed by atoms with Gasteiger partial charge in [0.15, 0.2) is 0 Å². The Morgan fingerprint density at radius 3 is 0.786 bits per heavy atom. The summed E-state index contributed by atoms with van der Waals surface area (Å²) in [6.45, 7) is 3.25. The second-order valence-corrected chi connectivity index (χ2v) is 1.56. The number of aliphatic carboxylic acids is 3. The Kier molecular flexibility index (Phi) is 37.0. The molecule has 0 saturated carbocycles. The molecule has 0 aliphatic carbocycles. The van der Waals surface area contributed by atoms with Crippen molar-refractivity contribution in [3.63, 3.8) is 0 Å². The average Bonchev–Trinajstić information content (AvgIpc) is 1.86. The fraction of sp³-hybridized carbons (Fsp3) is 0.500. The summed E-state index contributed by atoms with van der Waals surface area (Å²) in [7, 11) is 0. The molecule has 0 aromatic rings. The van der Waals surface area contributed by atoms with Gasteiger partial charge in [-0.15, -0.1) is 0 Å². The molecule has 3 N–H and O–H groups in total. The van der Waals surface area contributed by atoms with Crippen molar-refractivity contribution < 1.29 is 44.8 Å². The van der Waals surface area contributed by atoms with Gasteiger partial charge in [0, 0.05) is 20.8 Å². The van der Waals surface area contributed by atoms with Crippen LogP contribution < -0.4 is 0 Å². The van der Waals surface area contributed by atoms with Crippen LogP contribution in [0.15, 0.2) is 0 Å². The molecule has 8 heteroatoms. The Bertz CT molecular complexity index is 149. The average molecular weight is 253 g/mol. The first-order valence-electron chi connectivity index (χ1n) is 2.92. The van der Waals surface area contributed by atoms with E-state index in [2.05, 4.69) is 15.1 Å². The van der Waals surface area contributed by atoms with Crippen LogP contribution in [-0.4, -0.2) is 33.2 Å². The summed E-state index contributed by atoms with van der Waals surface area (Å²) in [5.41, 5.74) is 0. The van der Waals surface area contributed by atoms with E-state index in [-0.39, 0.29) is 0 Å². The minimum absolute atomic E-state index is 0.833. The molecular formula is C6H12NNiO6. The van der Waals surface area contributed by atoms with Crippen molar-refractivity contribution in [1.29, 1.82) is 4.27 Å². The van der Waals surface area contributed by atoms with E-state index in [1.54, 1.807) is 0 Å². The molecule has 14 heavy (non-hydrogen) atoms. The van der Waals surface area contributed by atoms with Gasteiger partial charge in [-0.3, -0.25) is 14.4 Å². The van der Waals surface area contributed by atoms with Crippen molar-refractivity contribution in [2.75, 3.05) is 0 Å². The van der Waals surface area contributed by atoms with E-state index >= 15 is 0 Å². The van der Waals surface area contributed by atoms with Gasteiger partial charge in [0.25, 0.3) is 17.9 Å². The summed E-state index contributed by atoms with van der Waals surface area (Å²) in [5, 5.41) is 22.2. The van der Waals surface area contributed by atoms with Crippen LogP contribution in [0.4, 0.5) is 0 Å². The Morgan fingerprint density at radius 1 is 0.786 bits per heavy atom. The molecule has 87 valence electrons. The number of hydrogen-bond acceptors (Lipinski definition) is 4. The van der Waals surface area contributed by atoms with Gasteiger partial charge in [-0.1, -0.05) is 0 Å². The van der Waals surface area contributed by atoms with E-state index < -0.39 is 17.9 Å². The first-order valence-corrected chi connectivity index (χ1v) is 3.37. The van der Waals surface area contributed by atoms with Gasteiger partial charge in [0.2, 0.25) is 0 Å². The first kappa shape index (κ1) is 22.9. The maximum absolute atomic E-state index is 9.00. The number of hydrogen-bond donors (Lipinski definition) is 3. The molecule has 0 aromatic heterocycles. The van der Waals surface area contributed by atoms with E-state index in [4.69, 9.17) is 34.0 Å². The third-order valence-electron chi connectivity index (χ3n) is 0. The Hall–Kier alpha value is -1.39. The van der Waals surface area contributed by atoms with Crippen LogP contribution in [0, 0.1) is 4.27 Å². The third-order valence-corrected chi connectivity index (χ3v) is 0. The van der Waals surface area contributed by atoms with Crippen LogP contribution in [0.25, 0.3) is 0 Å². The molecular weight excluding hydrogens is 241 g/mol. The number of carbonyl (C=O) groups is 3. The van der Waals surface area contributed by atoms with Gasteiger partial charge in [0.1, 0.15) is 0 Å². The van der Waals surface area contributed by atoms with Gasteiger partial charge >= 0.3 is 19.4 Å². The molecule has 0 saturated heterocycles. The third kappa shape index (κ3) is 510. The van der Waals surface area contributed by atoms with Crippen LogP contribution in [-0.2, 0) is 29.5 Å². The van der Waals surface area contributed by atoms with E-state index in [0.717, 1.165) is 20.8 Å². The molecule has 0 heterocycles. The van der Waals surface area contributed by atoms with Gasteiger partial charge in [-0.2, -0.15) is 0 Å². The Morgan fingerprint density at radius 2 is 0.786 bits per heavy atom. The van der Waals surface area contributed by atoms with Gasteiger partial charge in [-0.25, -0.2) is 0 Å². The predicted octanol–water partition coefficient (Wildman–Crippen LogP) is 0.285. The Balaban J connectivity index is -0.0000000492. The van der Waals surface area contributed by atoms with E-state index in [1.807, 2.05) is 0 Å². The van der Waals surface area contributed by atoms with Crippen molar-refractivity contribution in [3.8, 4) is 0 Å². The predicted molar refractivity (Wildman–Crippen MR) is 41.7 cm³/mol. The van der Waals surface area contributed by atoms with Crippen LogP contribution in [0.1, 0.15) is 20.8 Å². The van der Waals surface area contributed by atoms with Crippen LogP contribution in [0.2, 0.25) is 0 Å². The SMILES string of the molecule is CC(=O)O.CC(=O)O.CC(=O)O.[N]#[Ni]. The minimum atomic E-state index is -0.833. The standard InChI is InChI=1S/3C2H4O2.N.Ni/c3*1-2(3)4;;/h3*1H3,(H,3,4);;. The quantitative estimate of drug-likeness (QED) is 0.527. The number of rotatable bonds is 0. The van der Waals surface area contributed by atoms with E-state index in [1.165, 1.54) is 0 Å². The summed E-state index contributed by atoms with van der Waals surface area (Å²) >= 11 is 2.88. The fourth-order valence-corrected chi connectivity index (χ4v) is 0. The van der Waals surface area contributed by atoms with Crippen molar-refractivity contribution in [3.05, 3.63) is 0 Å². The molecule has 0 spiro atoms. The van der Waals surface area contributed by atoms with Crippen LogP contribution in [0.5, 0.6) is 0 Å². The molecule has 7 nitrogen and oxygen atoms in total. The van der Waals surface area contributed by atoms with E-state index in [9.17, 15) is 0 Å². The zero-order valence-electron chi connectivity index (χ0n) is 7.83. The number of nitrogens with zero attached hydrogens (tertiary/aromatic N) is 1. The summed E-state index contributed by atoms with van der Waals surface area (Å²) in [5.74, 6) is -2.50. The summed E-state index contributed by atoms with van der Waals surface area (Å²) in [6, 6.07) is 0. The molecule has 0 aliphatic rings. The van der Waals surface area contributed by atoms with Crippen molar-refractivity contribution in [2.24, 2.45) is 0 Å². The summed E-state index contributed by atoms with van der Waals surface area (Å²) in [6.07, 6.45) is 0. The van der Waals surface area contributed by atoms with Gasteiger partial charge in [-0.05, 0) is 0 Å². The second kappa shape index (κ2) is 22.6. The zero-order chi connectivity index (χ0) is 12.7. The molecule has 0 unspecified atom stereocenters. The molecule has 0 aromatic carbocycles. The monoisotopic (exact) mass is 252 g/mol. The second-order valence-electron chi connectivity index (χ2n) is 1.56.